The van der Waals surface area contributed by atoms with Crippen molar-refractivity contribution in [1.29, 1.82) is 0 Å². The summed E-state index contributed by atoms with van der Waals surface area (Å²) in [7, 11) is 0. The number of benzene rings is 2. The SMILES string of the molecule is CC1OC(OC2C(O)C(COC(=O)C=Cc3ccc(OC4OC(CO)C(O)C(O)C4O)c(O)c3)OC(OCCc3ccc(O)c(O)c3)C2O)C(O)C(O)C1O. The Kier molecular flexibility index (Phi) is 14.3. The van der Waals surface area contributed by atoms with E-state index in [1.807, 2.05) is 0 Å². The molecule has 3 fully saturated rings. The average Bonchev–Trinajstić information content (AvgIpc) is 3.16. The van der Waals surface area contributed by atoms with Gasteiger partial charge in [-0.3, -0.25) is 0 Å². The van der Waals surface area contributed by atoms with Crippen molar-refractivity contribution in [2.24, 2.45) is 0 Å². The van der Waals surface area contributed by atoms with Crippen molar-refractivity contribution < 1.29 is 99.2 Å². The van der Waals surface area contributed by atoms with Gasteiger partial charge in [0.25, 0.3) is 0 Å². The molecule has 20 nitrogen and oxygen atoms in total. The summed E-state index contributed by atoms with van der Waals surface area (Å²) in [6, 6.07) is 7.95. The van der Waals surface area contributed by atoms with Gasteiger partial charge in [-0.1, -0.05) is 12.1 Å². The molecular formula is C35H46O20. The normalized spacial score (nSPS) is 36.8. The number of ether oxygens (including phenoxy) is 7. The van der Waals surface area contributed by atoms with Crippen LogP contribution in [-0.4, -0.2) is 179 Å². The molecule has 3 saturated heterocycles. The van der Waals surface area contributed by atoms with Crippen LogP contribution in [0.25, 0.3) is 6.08 Å². The van der Waals surface area contributed by atoms with Crippen molar-refractivity contribution >= 4 is 12.0 Å². The Morgan fingerprint density at radius 2 is 1.40 bits per heavy atom. The van der Waals surface area contributed by atoms with E-state index in [1.54, 1.807) is 0 Å². The largest absolute Gasteiger partial charge is 0.504 e. The van der Waals surface area contributed by atoms with Gasteiger partial charge in [-0.25, -0.2) is 4.79 Å². The fourth-order valence-electron chi connectivity index (χ4n) is 6.04. The van der Waals surface area contributed by atoms with E-state index in [9.17, 15) is 66.1 Å². The topological polar surface area (TPSA) is 324 Å². The van der Waals surface area contributed by atoms with Gasteiger partial charge in [0, 0.05) is 6.08 Å². The van der Waals surface area contributed by atoms with Crippen molar-refractivity contribution in [2.45, 2.75) is 105 Å². The molecule has 15 unspecified atom stereocenters. The molecule has 0 aliphatic carbocycles. The van der Waals surface area contributed by atoms with Crippen molar-refractivity contribution in [3.8, 4) is 23.0 Å². The maximum Gasteiger partial charge on any atom is 0.330 e. The molecule has 2 aromatic carbocycles. The van der Waals surface area contributed by atoms with Gasteiger partial charge in [-0.2, -0.15) is 0 Å². The van der Waals surface area contributed by atoms with Crippen molar-refractivity contribution in [1.82, 2.24) is 0 Å². The van der Waals surface area contributed by atoms with Gasteiger partial charge < -0.3 is 94.4 Å². The van der Waals surface area contributed by atoms with E-state index in [4.69, 9.17) is 33.2 Å². The van der Waals surface area contributed by atoms with Crippen LogP contribution in [0.5, 0.6) is 23.0 Å². The van der Waals surface area contributed by atoms with Crippen LogP contribution in [-0.2, 0) is 39.6 Å². The molecule has 5 rings (SSSR count). The highest BCUT2D eigenvalue weighted by Gasteiger charge is 2.51. The Bertz CT molecular complexity index is 1610. The minimum atomic E-state index is -1.79. The summed E-state index contributed by atoms with van der Waals surface area (Å²) in [5, 5.41) is 122. The van der Waals surface area contributed by atoms with Gasteiger partial charge in [-0.05, 0) is 54.8 Å². The standard InChI is InChI=1S/C35H46O20/c1-14-24(41)27(44)29(46)34(51-14)55-32-26(43)22(54-33(31(32)48)49-9-8-16-2-5-17(37)18(38)10-16)13-50-23(40)7-4-15-3-6-20(19(39)11-15)52-35-30(47)28(45)25(42)21(12-36)53-35/h2-7,10-11,14,21-22,24-39,41-48H,8-9,12-13H2,1H3. The van der Waals surface area contributed by atoms with Gasteiger partial charge in [0.1, 0.15) is 73.8 Å². The second-order valence-electron chi connectivity index (χ2n) is 13.3. The molecule has 2 aromatic rings. The Labute approximate surface area is 313 Å². The number of rotatable bonds is 13. The molecule has 0 bridgehead atoms. The first-order chi connectivity index (χ1) is 26.1. The van der Waals surface area contributed by atoms with E-state index in [0.29, 0.717) is 5.56 Å². The zero-order chi connectivity index (χ0) is 40.1. The first kappa shape index (κ1) is 42.4. The molecule has 3 aliphatic rings. The number of esters is 1. The highest BCUT2D eigenvalue weighted by Crippen LogP contribution is 2.33. The van der Waals surface area contributed by atoms with Crippen LogP contribution in [0.1, 0.15) is 18.1 Å². The van der Waals surface area contributed by atoms with Crippen LogP contribution in [0.2, 0.25) is 0 Å². The molecule has 12 N–H and O–H groups in total. The molecule has 55 heavy (non-hydrogen) atoms. The number of aliphatic hydroxyl groups is 9. The summed E-state index contributed by atoms with van der Waals surface area (Å²) in [4.78, 5) is 12.7. The van der Waals surface area contributed by atoms with E-state index in [1.165, 1.54) is 49.4 Å². The average molecular weight is 787 g/mol. The minimum Gasteiger partial charge on any atom is -0.504 e. The highest BCUT2D eigenvalue weighted by molar-refractivity contribution is 5.87. The van der Waals surface area contributed by atoms with Gasteiger partial charge in [0.15, 0.2) is 35.6 Å². The van der Waals surface area contributed by atoms with E-state index in [0.717, 1.165) is 6.08 Å². The number of aromatic hydroxyl groups is 3. The lowest BCUT2D eigenvalue weighted by atomic mass is 9.97. The fourth-order valence-corrected chi connectivity index (χ4v) is 6.04. The summed E-state index contributed by atoms with van der Waals surface area (Å²) in [6.45, 7) is -0.0134. The van der Waals surface area contributed by atoms with Crippen LogP contribution in [0, 0.1) is 0 Å². The van der Waals surface area contributed by atoms with E-state index >= 15 is 0 Å². The summed E-state index contributed by atoms with van der Waals surface area (Å²) < 4.78 is 38.6. The maximum absolute atomic E-state index is 12.7. The lowest BCUT2D eigenvalue weighted by Gasteiger charge is -2.45. The van der Waals surface area contributed by atoms with Crippen molar-refractivity contribution in [2.75, 3.05) is 19.8 Å². The van der Waals surface area contributed by atoms with Crippen LogP contribution in [0.15, 0.2) is 42.5 Å². The molecule has 0 aromatic heterocycles. The fraction of sp³-hybridized carbons (Fsp3) is 0.571. The van der Waals surface area contributed by atoms with Crippen molar-refractivity contribution in [3.05, 3.63) is 53.6 Å². The lowest BCUT2D eigenvalue weighted by molar-refractivity contribution is -0.357. The van der Waals surface area contributed by atoms with E-state index < -0.39 is 117 Å². The zero-order valence-corrected chi connectivity index (χ0v) is 29.2. The monoisotopic (exact) mass is 786 g/mol. The number of carbonyl (C=O) groups excluding carboxylic acids is 1. The molecular weight excluding hydrogens is 740 g/mol. The molecule has 306 valence electrons. The third-order valence-corrected chi connectivity index (χ3v) is 9.33. The second-order valence-corrected chi connectivity index (χ2v) is 13.3. The number of phenolic OH excluding ortho intramolecular Hbond substituents is 3. The van der Waals surface area contributed by atoms with E-state index in [2.05, 4.69) is 0 Å². The van der Waals surface area contributed by atoms with Gasteiger partial charge in [-0.15, -0.1) is 0 Å². The second kappa shape index (κ2) is 18.5. The number of hydrogen-bond acceptors (Lipinski definition) is 20. The molecule has 15 atom stereocenters. The molecule has 20 heteroatoms. The molecule has 0 spiro atoms. The molecule has 0 amide bonds. The Hall–Kier alpha value is -3.71. The first-order valence-corrected chi connectivity index (χ1v) is 17.2. The third kappa shape index (κ3) is 10.0. The molecule has 0 radical (unpaired) electrons. The number of carbonyl (C=O) groups is 1. The number of aliphatic hydroxyl groups excluding tert-OH is 9. The predicted octanol–water partition coefficient (Wildman–Crippen LogP) is -3.54. The van der Waals surface area contributed by atoms with Crippen molar-refractivity contribution in [3.63, 3.8) is 0 Å². The minimum absolute atomic E-state index is 0.117. The molecule has 0 saturated carbocycles. The Morgan fingerprint density at radius 3 is 2.09 bits per heavy atom. The number of phenols is 3. The highest BCUT2D eigenvalue weighted by atomic mass is 16.7. The van der Waals surface area contributed by atoms with Crippen LogP contribution in [0.4, 0.5) is 0 Å². The summed E-state index contributed by atoms with van der Waals surface area (Å²) in [6.07, 6.45) is -21.0. The zero-order valence-electron chi connectivity index (χ0n) is 29.2. The van der Waals surface area contributed by atoms with Crippen LogP contribution < -0.4 is 4.74 Å². The first-order valence-electron chi connectivity index (χ1n) is 17.2. The molecule has 3 aliphatic heterocycles. The smallest absolute Gasteiger partial charge is 0.330 e. The summed E-state index contributed by atoms with van der Waals surface area (Å²) in [5.74, 6) is -2.29. The van der Waals surface area contributed by atoms with Crippen LogP contribution in [0.3, 0.4) is 0 Å². The Morgan fingerprint density at radius 1 is 0.709 bits per heavy atom. The third-order valence-electron chi connectivity index (χ3n) is 9.33. The van der Waals surface area contributed by atoms with Gasteiger partial charge in [0.2, 0.25) is 6.29 Å². The maximum atomic E-state index is 12.7. The predicted molar refractivity (Wildman–Crippen MR) is 180 cm³/mol. The molecule has 3 heterocycles. The lowest BCUT2D eigenvalue weighted by Crippen LogP contribution is -2.64. The summed E-state index contributed by atoms with van der Waals surface area (Å²) >= 11 is 0. The quantitative estimate of drug-likeness (QED) is 0.0531. The van der Waals surface area contributed by atoms with E-state index in [-0.39, 0.29) is 35.8 Å². The van der Waals surface area contributed by atoms with Crippen LogP contribution >= 0.6 is 0 Å². The Balaban J connectivity index is 1.22. The summed E-state index contributed by atoms with van der Waals surface area (Å²) in [5.41, 5.74) is 0.819. The van der Waals surface area contributed by atoms with Gasteiger partial charge in [0.05, 0.1) is 19.3 Å². The van der Waals surface area contributed by atoms with Gasteiger partial charge >= 0.3 is 5.97 Å². The number of hydrogen-bond donors (Lipinski definition) is 12.